The second-order valence-corrected chi connectivity index (χ2v) is 9.91. The molecule has 2 aromatic carbocycles. The van der Waals surface area contributed by atoms with Gasteiger partial charge in [-0.1, -0.05) is 31.2 Å². The van der Waals surface area contributed by atoms with Crippen LogP contribution in [0.2, 0.25) is 0 Å². The number of ether oxygens (including phenoxy) is 1. The third-order valence-electron chi connectivity index (χ3n) is 6.84. The number of amides is 1. The van der Waals surface area contributed by atoms with Crippen LogP contribution in [0.5, 0.6) is 5.88 Å². The maximum atomic E-state index is 13.6. The molecule has 0 aliphatic carbocycles. The highest BCUT2D eigenvalue weighted by atomic mass is 19.1. The van der Waals surface area contributed by atoms with E-state index in [1.54, 1.807) is 60.5 Å². The van der Waals surface area contributed by atoms with Crippen LogP contribution in [0.15, 0.2) is 60.8 Å². The van der Waals surface area contributed by atoms with E-state index in [4.69, 9.17) is 9.84 Å². The maximum absolute atomic E-state index is 13.6. The zero-order valence-electron chi connectivity index (χ0n) is 21.7. The number of carbonyl (C=O) groups is 2. The Morgan fingerprint density at radius 3 is 2.50 bits per heavy atom. The third-order valence-corrected chi connectivity index (χ3v) is 6.84. The largest absolute Gasteiger partial charge is 0.478 e. The lowest BCUT2D eigenvalue weighted by Gasteiger charge is -2.37. The number of hydrogen-bond donors (Lipinski definition) is 2. The topological polar surface area (TPSA) is 103 Å². The molecule has 4 rings (SSSR count). The SMILES string of the molecule is C[C@H]1CN([C@@H](C)CO)C(=O)c2cc(-c3ccc(F)cc3)cnc2O[C@@H]1CN(C)Cc1ccc(C(=O)O)cc1. The van der Waals surface area contributed by atoms with E-state index in [0.29, 0.717) is 25.2 Å². The molecule has 1 aliphatic heterocycles. The molecule has 1 aromatic heterocycles. The van der Waals surface area contributed by atoms with E-state index in [-0.39, 0.29) is 47.4 Å². The number of aromatic carboxylic acids is 1. The number of fused-ring (bicyclic) bond motifs is 1. The highest BCUT2D eigenvalue weighted by molar-refractivity contribution is 5.98. The van der Waals surface area contributed by atoms with E-state index in [1.165, 1.54) is 12.1 Å². The maximum Gasteiger partial charge on any atom is 0.335 e. The number of aliphatic hydroxyl groups excluding tert-OH is 1. The van der Waals surface area contributed by atoms with Gasteiger partial charge in [0, 0.05) is 37.3 Å². The predicted molar refractivity (Wildman–Crippen MR) is 141 cm³/mol. The number of hydrogen-bond acceptors (Lipinski definition) is 6. The second kappa shape index (κ2) is 11.7. The van der Waals surface area contributed by atoms with Crippen molar-refractivity contribution in [2.24, 2.45) is 5.92 Å². The summed E-state index contributed by atoms with van der Waals surface area (Å²) in [5.41, 5.74) is 2.86. The molecule has 200 valence electrons. The number of carboxylic acids is 1. The fourth-order valence-electron chi connectivity index (χ4n) is 4.56. The van der Waals surface area contributed by atoms with Crippen molar-refractivity contribution in [1.82, 2.24) is 14.8 Å². The first-order valence-electron chi connectivity index (χ1n) is 12.5. The normalized spacial score (nSPS) is 18.4. The molecule has 0 unspecified atom stereocenters. The minimum atomic E-state index is -0.966. The summed E-state index contributed by atoms with van der Waals surface area (Å²) in [6.07, 6.45) is 1.29. The van der Waals surface area contributed by atoms with Gasteiger partial charge in [0.25, 0.3) is 5.91 Å². The molecule has 2 N–H and O–H groups in total. The van der Waals surface area contributed by atoms with Gasteiger partial charge in [-0.05, 0) is 55.4 Å². The minimum absolute atomic E-state index is 0.0727. The number of rotatable bonds is 8. The van der Waals surface area contributed by atoms with Gasteiger partial charge in [0.15, 0.2) is 0 Å². The van der Waals surface area contributed by atoms with Crippen molar-refractivity contribution < 1.29 is 28.9 Å². The first-order valence-corrected chi connectivity index (χ1v) is 12.5. The average Bonchev–Trinajstić information content (AvgIpc) is 2.90. The van der Waals surface area contributed by atoms with Gasteiger partial charge < -0.3 is 19.8 Å². The van der Waals surface area contributed by atoms with Crippen LogP contribution in [0.3, 0.4) is 0 Å². The Hall–Kier alpha value is -3.82. The van der Waals surface area contributed by atoms with Crippen LogP contribution in [0.4, 0.5) is 4.39 Å². The van der Waals surface area contributed by atoms with Gasteiger partial charge in [-0.25, -0.2) is 14.2 Å². The molecule has 38 heavy (non-hydrogen) atoms. The first-order chi connectivity index (χ1) is 18.2. The minimum Gasteiger partial charge on any atom is -0.478 e. The standard InChI is InChI=1S/C29H32FN3O5/c1-18-14-33(19(2)17-34)28(35)25-12-23(21-8-10-24(30)11-9-21)13-31-27(25)38-26(18)16-32(3)15-20-4-6-22(7-5-20)29(36)37/h4-13,18-19,26,34H,14-17H2,1-3H3,(H,36,37)/t18-,19-,26+/m0/s1. The summed E-state index contributed by atoms with van der Waals surface area (Å²) in [6, 6.07) is 14.0. The summed E-state index contributed by atoms with van der Waals surface area (Å²) in [4.78, 5) is 33.0. The molecule has 0 radical (unpaired) electrons. The molecular formula is C29H32FN3O5. The quantitative estimate of drug-likeness (QED) is 0.463. The molecule has 0 spiro atoms. The van der Waals surface area contributed by atoms with Crippen molar-refractivity contribution in [2.75, 3.05) is 26.7 Å². The van der Waals surface area contributed by atoms with Crippen LogP contribution in [-0.2, 0) is 6.54 Å². The van der Waals surface area contributed by atoms with Crippen LogP contribution < -0.4 is 4.74 Å². The average molecular weight is 522 g/mol. The summed E-state index contributed by atoms with van der Waals surface area (Å²) in [7, 11) is 1.95. The molecule has 3 atom stereocenters. The second-order valence-electron chi connectivity index (χ2n) is 9.91. The van der Waals surface area contributed by atoms with Crippen molar-refractivity contribution in [3.8, 4) is 17.0 Å². The number of nitrogens with zero attached hydrogens (tertiary/aromatic N) is 3. The Morgan fingerprint density at radius 1 is 1.18 bits per heavy atom. The van der Waals surface area contributed by atoms with E-state index in [1.807, 2.05) is 14.0 Å². The van der Waals surface area contributed by atoms with Crippen molar-refractivity contribution in [1.29, 1.82) is 0 Å². The highest BCUT2D eigenvalue weighted by Gasteiger charge is 2.34. The molecule has 8 nitrogen and oxygen atoms in total. The summed E-state index contributed by atoms with van der Waals surface area (Å²) in [5.74, 6) is -1.46. The molecule has 0 fully saturated rings. The number of likely N-dealkylation sites (N-methyl/N-ethyl adjacent to an activating group) is 1. The molecular weight excluding hydrogens is 489 g/mol. The molecule has 0 bridgehead atoms. The number of aromatic nitrogens is 1. The lowest BCUT2D eigenvalue weighted by molar-refractivity contribution is 0.0325. The number of pyridine rings is 1. The van der Waals surface area contributed by atoms with Crippen molar-refractivity contribution in [3.05, 3.63) is 83.3 Å². The molecule has 1 aliphatic rings. The van der Waals surface area contributed by atoms with Crippen molar-refractivity contribution in [3.63, 3.8) is 0 Å². The van der Waals surface area contributed by atoms with Crippen molar-refractivity contribution in [2.45, 2.75) is 32.5 Å². The van der Waals surface area contributed by atoms with Gasteiger partial charge in [0.2, 0.25) is 5.88 Å². The van der Waals surface area contributed by atoms with E-state index in [2.05, 4.69) is 9.88 Å². The van der Waals surface area contributed by atoms with Gasteiger partial charge >= 0.3 is 5.97 Å². The van der Waals surface area contributed by atoms with Crippen molar-refractivity contribution >= 4 is 11.9 Å². The number of aliphatic hydroxyl groups is 1. The van der Waals surface area contributed by atoms with Gasteiger partial charge in [0.1, 0.15) is 17.5 Å². The fourth-order valence-corrected chi connectivity index (χ4v) is 4.56. The summed E-state index contributed by atoms with van der Waals surface area (Å²) < 4.78 is 19.8. The van der Waals surface area contributed by atoms with Crippen LogP contribution in [0.25, 0.3) is 11.1 Å². The summed E-state index contributed by atoms with van der Waals surface area (Å²) in [6.45, 7) is 5.10. The van der Waals surface area contributed by atoms with Gasteiger partial charge in [-0.2, -0.15) is 0 Å². The number of benzene rings is 2. The van der Waals surface area contributed by atoms with Crippen LogP contribution in [0, 0.1) is 11.7 Å². The van der Waals surface area contributed by atoms with E-state index >= 15 is 0 Å². The van der Waals surface area contributed by atoms with Gasteiger partial charge in [-0.15, -0.1) is 0 Å². The Bertz CT molecular complexity index is 1280. The predicted octanol–water partition coefficient (Wildman–Crippen LogP) is 3.94. The third kappa shape index (κ3) is 6.17. The molecule has 0 saturated carbocycles. The molecule has 1 amide bonds. The smallest absolute Gasteiger partial charge is 0.335 e. The fraction of sp³-hybridized carbons (Fsp3) is 0.345. The zero-order chi connectivity index (χ0) is 27.4. The monoisotopic (exact) mass is 521 g/mol. The molecule has 9 heteroatoms. The number of carboxylic acid groups (broad SMARTS) is 1. The van der Waals surface area contributed by atoms with Gasteiger partial charge in [-0.3, -0.25) is 9.69 Å². The van der Waals surface area contributed by atoms with E-state index in [0.717, 1.165) is 11.1 Å². The summed E-state index contributed by atoms with van der Waals surface area (Å²) in [5, 5.41) is 19.0. The van der Waals surface area contributed by atoms with Crippen LogP contribution in [0.1, 0.15) is 40.1 Å². The zero-order valence-corrected chi connectivity index (χ0v) is 21.7. The molecule has 3 aromatic rings. The summed E-state index contributed by atoms with van der Waals surface area (Å²) >= 11 is 0. The lowest BCUT2D eigenvalue weighted by Crippen LogP contribution is -2.49. The Balaban J connectivity index is 1.61. The van der Waals surface area contributed by atoms with Crippen LogP contribution in [-0.4, -0.2) is 75.8 Å². The Kier molecular flexibility index (Phi) is 8.38. The van der Waals surface area contributed by atoms with E-state index in [9.17, 15) is 19.1 Å². The molecule has 0 saturated heterocycles. The lowest BCUT2D eigenvalue weighted by atomic mass is 9.99. The highest BCUT2D eigenvalue weighted by Crippen LogP contribution is 2.30. The number of halogens is 1. The Labute approximate surface area is 221 Å². The first kappa shape index (κ1) is 27.2. The molecule has 2 heterocycles. The van der Waals surface area contributed by atoms with E-state index < -0.39 is 12.0 Å². The number of carbonyl (C=O) groups excluding carboxylic acids is 1. The Morgan fingerprint density at radius 2 is 1.87 bits per heavy atom. The van der Waals surface area contributed by atoms with Crippen LogP contribution >= 0.6 is 0 Å². The van der Waals surface area contributed by atoms with Gasteiger partial charge in [0.05, 0.1) is 18.2 Å².